The molecular weight excluding hydrogens is 216 g/mol. The second kappa shape index (κ2) is 4.47. The first kappa shape index (κ1) is 12.4. The molecule has 0 saturated carbocycles. The van der Waals surface area contributed by atoms with Crippen LogP contribution in [0.4, 0.5) is 8.78 Å². The van der Waals surface area contributed by atoms with E-state index in [4.69, 9.17) is 4.74 Å². The maximum Gasteiger partial charge on any atom is 0.349 e. The maximum atomic E-state index is 13.6. The second-order valence-electron chi connectivity index (χ2n) is 3.50. The first-order valence-corrected chi connectivity index (χ1v) is 4.63. The van der Waals surface area contributed by atoms with E-state index in [1.165, 1.54) is 45.5 Å². The normalized spacial score (nSPS) is 11.1. The number of rotatable bonds is 3. The lowest BCUT2D eigenvalue weighted by Gasteiger charge is -2.20. The van der Waals surface area contributed by atoms with Crippen molar-refractivity contribution in [3.8, 4) is 5.75 Å². The molecule has 0 heterocycles. The van der Waals surface area contributed by atoms with E-state index in [0.717, 1.165) is 4.90 Å². The Morgan fingerprint density at radius 3 is 2.12 bits per heavy atom. The Labute approximate surface area is 92.6 Å². The van der Waals surface area contributed by atoms with Gasteiger partial charge in [-0.1, -0.05) is 0 Å². The molecule has 0 unspecified atom stereocenters. The van der Waals surface area contributed by atoms with Gasteiger partial charge in [-0.25, -0.2) is 0 Å². The van der Waals surface area contributed by atoms with Crippen LogP contribution in [0.15, 0.2) is 24.3 Å². The summed E-state index contributed by atoms with van der Waals surface area (Å²) < 4.78 is 32.1. The van der Waals surface area contributed by atoms with Crippen molar-refractivity contribution in [1.82, 2.24) is 4.90 Å². The number of benzene rings is 1. The standard InChI is InChI=1S/C11H13F2NO2/c1-14(2)10(15)11(12,13)8-4-6-9(16-3)7-5-8/h4-7H,1-3H3. The number of alkyl halides is 2. The monoisotopic (exact) mass is 229 g/mol. The fraction of sp³-hybridized carbons (Fsp3) is 0.364. The number of carbonyl (C=O) groups excluding carboxylic acids is 1. The highest BCUT2D eigenvalue weighted by Gasteiger charge is 2.41. The summed E-state index contributed by atoms with van der Waals surface area (Å²) in [5, 5.41) is 0. The van der Waals surface area contributed by atoms with Crippen LogP contribution in [0.2, 0.25) is 0 Å². The fourth-order valence-corrected chi connectivity index (χ4v) is 1.20. The molecule has 5 heteroatoms. The second-order valence-corrected chi connectivity index (χ2v) is 3.50. The van der Waals surface area contributed by atoms with Gasteiger partial charge in [-0.15, -0.1) is 0 Å². The van der Waals surface area contributed by atoms with Crippen LogP contribution >= 0.6 is 0 Å². The lowest BCUT2D eigenvalue weighted by molar-refractivity contribution is -0.156. The largest absolute Gasteiger partial charge is 0.497 e. The molecule has 0 saturated heterocycles. The van der Waals surface area contributed by atoms with Gasteiger partial charge in [0.15, 0.2) is 0 Å². The number of nitrogens with zero attached hydrogens (tertiary/aromatic N) is 1. The molecule has 0 aliphatic rings. The zero-order valence-electron chi connectivity index (χ0n) is 9.33. The van der Waals surface area contributed by atoms with Crippen molar-refractivity contribution in [2.75, 3.05) is 21.2 Å². The highest BCUT2D eigenvalue weighted by atomic mass is 19.3. The van der Waals surface area contributed by atoms with Crippen LogP contribution in [0.5, 0.6) is 5.75 Å². The molecule has 1 amide bonds. The molecule has 0 aliphatic heterocycles. The Hall–Kier alpha value is -1.65. The minimum Gasteiger partial charge on any atom is -0.497 e. The molecule has 0 radical (unpaired) electrons. The number of amides is 1. The van der Waals surface area contributed by atoms with Crippen molar-refractivity contribution in [1.29, 1.82) is 0 Å². The molecule has 0 aromatic heterocycles. The summed E-state index contributed by atoms with van der Waals surface area (Å²) in [7, 11) is 4.03. The number of ether oxygens (including phenoxy) is 1. The van der Waals surface area contributed by atoms with E-state index in [1.54, 1.807) is 0 Å². The zero-order chi connectivity index (χ0) is 12.3. The molecule has 0 N–H and O–H groups in total. The van der Waals surface area contributed by atoms with Crippen molar-refractivity contribution >= 4 is 5.91 Å². The van der Waals surface area contributed by atoms with Gasteiger partial charge in [0.1, 0.15) is 5.75 Å². The lowest BCUT2D eigenvalue weighted by atomic mass is 10.1. The summed E-state index contributed by atoms with van der Waals surface area (Å²) in [5.74, 6) is -4.27. The first-order valence-electron chi connectivity index (χ1n) is 4.63. The van der Waals surface area contributed by atoms with E-state index >= 15 is 0 Å². The highest BCUT2D eigenvalue weighted by Crippen LogP contribution is 2.30. The number of carbonyl (C=O) groups is 1. The first-order chi connectivity index (χ1) is 7.39. The van der Waals surface area contributed by atoms with Gasteiger partial charge in [0.05, 0.1) is 7.11 Å². The van der Waals surface area contributed by atoms with E-state index in [9.17, 15) is 13.6 Å². The molecule has 0 bridgehead atoms. The summed E-state index contributed by atoms with van der Waals surface area (Å²) >= 11 is 0. The Morgan fingerprint density at radius 2 is 1.75 bits per heavy atom. The van der Waals surface area contributed by atoms with E-state index in [-0.39, 0.29) is 5.56 Å². The van der Waals surface area contributed by atoms with Crippen LogP contribution in [0.3, 0.4) is 0 Å². The van der Waals surface area contributed by atoms with Crippen molar-refractivity contribution in [3.05, 3.63) is 29.8 Å². The third-order valence-corrected chi connectivity index (χ3v) is 2.13. The molecule has 0 fully saturated rings. The molecule has 1 aromatic carbocycles. The van der Waals surface area contributed by atoms with E-state index in [0.29, 0.717) is 5.75 Å². The summed E-state index contributed by atoms with van der Waals surface area (Å²) in [5.41, 5.74) is -0.341. The predicted molar refractivity (Wildman–Crippen MR) is 55.6 cm³/mol. The third-order valence-electron chi connectivity index (χ3n) is 2.13. The van der Waals surface area contributed by atoms with Crippen LogP contribution in [0.25, 0.3) is 0 Å². The van der Waals surface area contributed by atoms with E-state index < -0.39 is 11.8 Å². The number of likely N-dealkylation sites (N-methyl/N-ethyl adjacent to an activating group) is 1. The Kier molecular flexibility index (Phi) is 3.47. The molecule has 3 nitrogen and oxygen atoms in total. The molecule has 16 heavy (non-hydrogen) atoms. The van der Waals surface area contributed by atoms with Gasteiger partial charge in [-0.3, -0.25) is 4.79 Å². The van der Waals surface area contributed by atoms with Crippen molar-refractivity contribution < 1.29 is 18.3 Å². The number of hydrogen-bond acceptors (Lipinski definition) is 2. The Balaban J connectivity index is 3.02. The van der Waals surface area contributed by atoms with Gasteiger partial charge in [0.25, 0.3) is 5.91 Å². The number of halogens is 2. The summed E-state index contributed by atoms with van der Waals surface area (Å²) in [4.78, 5) is 12.1. The summed E-state index contributed by atoms with van der Waals surface area (Å²) in [6, 6.07) is 5.15. The minimum absolute atomic E-state index is 0.341. The molecule has 0 aliphatic carbocycles. The van der Waals surface area contributed by atoms with Crippen LogP contribution in [-0.2, 0) is 10.7 Å². The van der Waals surface area contributed by atoms with Crippen LogP contribution in [0, 0.1) is 0 Å². The molecule has 0 spiro atoms. The lowest BCUT2D eigenvalue weighted by Crippen LogP contribution is -2.37. The smallest absolute Gasteiger partial charge is 0.349 e. The number of hydrogen-bond donors (Lipinski definition) is 0. The molecule has 0 atom stereocenters. The number of methoxy groups -OCH3 is 1. The SMILES string of the molecule is COc1ccc(C(F)(F)C(=O)N(C)C)cc1. The van der Waals surface area contributed by atoms with Gasteiger partial charge in [-0.2, -0.15) is 8.78 Å². The van der Waals surface area contributed by atoms with Gasteiger partial charge in [-0.05, 0) is 24.3 Å². The van der Waals surface area contributed by atoms with Crippen molar-refractivity contribution in [2.45, 2.75) is 5.92 Å². The highest BCUT2D eigenvalue weighted by molar-refractivity contribution is 5.84. The van der Waals surface area contributed by atoms with Crippen molar-refractivity contribution in [2.24, 2.45) is 0 Å². The van der Waals surface area contributed by atoms with Gasteiger partial charge >= 0.3 is 5.92 Å². The van der Waals surface area contributed by atoms with Gasteiger partial charge in [0.2, 0.25) is 0 Å². The Morgan fingerprint density at radius 1 is 1.25 bits per heavy atom. The molecule has 88 valence electrons. The Bertz CT molecular complexity index is 374. The van der Waals surface area contributed by atoms with Crippen LogP contribution in [-0.4, -0.2) is 32.0 Å². The van der Waals surface area contributed by atoms with Gasteiger partial charge < -0.3 is 9.64 Å². The average molecular weight is 229 g/mol. The topological polar surface area (TPSA) is 29.5 Å². The quantitative estimate of drug-likeness (QED) is 0.792. The third kappa shape index (κ3) is 2.29. The predicted octanol–water partition coefficient (Wildman–Crippen LogP) is 1.88. The maximum absolute atomic E-state index is 13.6. The molecule has 1 aromatic rings. The summed E-state index contributed by atoms with van der Waals surface area (Å²) in [6.07, 6.45) is 0. The van der Waals surface area contributed by atoms with E-state index in [1.807, 2.05) is 0 Å². The fourth-order valence-electron chi connectivity index (χ4n) is 1.20. The summed E-state index contributed by atoms with van der Waals surface area (Å²) in [6.45, 7) is 0. The molecular formula is C11H13F2NO2. The minimum atomic E-state index is -3.50. The zero-order valence-corrected chi connectivity index (χ0v) is 9.33. The van der Waals surface area contributed by atoms with Crippen molar-refractivity contribution in [3.63, 3.8) is 0 Å². The molecule has 1 rings (SSSR count). The average Bonchev–Trinajstić information content (AvgIpc) is 2.28. The van der Waals surface area contributed by atoms with Crippen LogP contribution in [0.1, 0.15) is 5.56 Å². The van der Waals surface area contributed by atoms with Crippen LogP contribution < -0.4 is 4.74 Å². The van der Waals surface area contributed by atoms with E-state index in [2.05, 4.69) is 0 Å². The van der Waals surface area contributed by atoms with Gasteiger partial charge in [0, 0.05) is 19.7 Å².